The number of carbonyl (C=O) groups is 1. The van der Waals surface area contributed by atoms with Gasteiger partial charge in [-0.15, -0.1) is 0 Å². The van der Waals surface area contributed by atoms with Gasteiger partial charge in [-0.05, 0) is 62.1 Å². The van der Waals surface area contributed by atoms with Crippen LogP contribution in [-0.4, -0.2) is 45.0 Å². The van der Waals surface area contributed by atoms with Crippen LogP contribution in [0.15, 0.2) is 72.8 Å². The van der Waals surface area contributed by atoms with Gasteiger partial charge in [-0.1, -0.05) is 30.3 Å². The van der Waals surface area contributed by atoms with Crippen molar-refractivity contribution < 1.29 is 9.18 Å². The van der Waals surface area contributed by atoms with Crippen molar-refractivity contribution in [3.63, 3.8) is 0 Å². The maximum absolute atomic E-state index is 13.7. The molecule has 2 N–H and O–H groups in total. The van der Waals surface area contributed by atoms with Crippen LogP contribution in [0.1, 0.15) is 11.1 Å². The lowest BCUT2D eigenvalue weighted by Gasteiger charge is -2.22. The van der Waals surface area contributed by atoms with Crippen LogP contribution in [0.3, 0.4) is 0 Å². The average Bonchev–Trinajstić information content (AvgIpc) is 3.11. The van der Waals surface area contributed by atoms with Crippen molar-refractivity contribution in [2.75, 3.05) is 49.8 Å². The van der Waals surface area contributed by atoms with Gasteiger partial charge in [0.25, 0.3) is 5.91 Å². The average molecular weight is 431 g/mol. The molecule has 3 aromatic rings. The Hall–Kier alpha value is -3.64. The van der Waals surface area contributed by atoms with E-state index in [1.165, 1.54) is 12.1 Å². The first-order chi connectivity index (χ1) is 15.4. The van der Waals surface area contributed by atoms with Gasteiger partial charge in [0.2, 0.25) is 0 Å². The second-order valence-electron chi connectivity index (χ2n) is 8.16. The molecule has 0 atom stereocenters. The summed E-state index contributed by atoms with van der Waals surface area (Å²) in [6.07, 6.45) is 0. The van der Waals surface area contributed by atoms with Crippen LogP contribution in [0.5, 0.6) is 0 Å². The number of halogens is 1. The smallest absolute Gasteiger partial charge is 0.258 e. The minimum atomic E-state index is -0.381. The molecule has 0 aliphatic carbocycles. The van der Waals surface area contributed by atoms with Gasteiger partial charge >= 0.3 is 0 Å². The third-order valence-electron chi connectivity index (χ3n) is 5.50. The van der Waals surface area contributed by atoms with Crippen molar-refractivity contribution in [3.05, 3.63) is 89.7 Å². The zero-order valence-electron chi connectivity index (χ0n) is 18.5. The number of nitrogens with one attached hydrogen (secondary N) is 2. The number of amides is 1. The van der Waals surface area contributed by atoms with E-state index in [0.29, 0.717) is 22.5 Å². The maximum atomic E-state index is 13.7. The third-order valence-corrected chi connectivity index (χ3v) is 5.50. The Morgan fingerprint density at radius 3 is 2.34 bits per heavy atom. The van der Waals surface area contributed by atoms with E-state index in [2.05, 4.69) is 53.7 Å². The minimum Gasteiger partial charge on any atom is -0.373 e. The lowest BCUT2D eigenvalue weighted by molar-refractivity contribution is -0.110. The van der Waals surface area contributed by atoms with Crippen molar-refractivity contribution in [2.24, 2.45) is 0 Å². The molecule has 4 rings (SSSR count). The largest absolute Gasteiger partial charge is 0.373 e. The Balaban J connectivity index is 1.68. The van der Waals surface area contributed by atoms with Crippen LogP contribution in [0.4, 0.5) is 21.5 Å². The molecule has 0 spiro atoms. The van der Waals surface area contributed by atoms with Crippen molar-refractivity contribution in [1.29, 1.82) is 0 Å². The first kappa shape index (κ1) is 21.6. The lowest BCUT2D eigenvalue weighted by atomic mass is 10.00. The molecule has 0 aromatic heterocycles. The van der Waals surface area contributed by atoms with Gasteiger partial charge in [-0.25, -0.2) is 4.39 Å². The van der Waals surface area contributed by atoms with Gasteiger partial charge in [0.1, 0.15) is 5.82 Å². The molecule has 0 bridgehead atoms. The summed E-state index contributed by atoms with van der Waals surface area (Å²) >= 11 is 0. The maximum Gasteiger partial charge on any atom is 0.258 e. The van der Waals surface area contributed by atoms with E-state index < -0.39 is 0 Å². The van der Waals surface area contributed by atoms with Crippen LogP contribution in [0.25, 0.3) is 11.3 Å². The number of benzene rings is 3. The summed E-state index contributed by atoms with van der Waals surface area (Å²) in [7, 11) is 6.19. The molecule has 1 amide bonds. The summed E-state index contributed by atoms with van der Waals surface area (Å²) < 4.78 is 13.7. The highest BCUT2D eigenvalue weighted by Gasteiger charge is 2.28. The fourth-order valence-electron chi connectivity index (χ4n) is 3.70. The zero-order valence-corrected chi connectivity index (χ0v) is 18.5. The van der Waals surface area contributed by atoms with Gasteiger partial charge < -0.3 is 20.4 Å². The van der Waals surface area contributed by atoms with E-state index in [9.17, 15) is 9.18 Å². The number of rotatable bonds is 7. The Morgan fingerprint density at radius 2 is 1.66 bits per heavy atom. The van der Waals surface area contributed by atoms with Gasteiger partial charge in [0.15, 0.2) is 0 Å². The van der Waals surface area contributed by atoms with E-state index in [1.807, 2.05) is 42.5 Å². The minimum absolute atomic E-state index is 0.253. The highest BCUT2D eigenvalue weighted by molar-refractivity contribution is 6.37. The van der Waals surface area contributed by atoms with Gasteiger partial charge in [0.05, 0.1) is 17.0 Å². The predicted octanol–water partition coefficient (Wildman–Crippen LogP) is 4.76. The van der Waals surface area contributed by atoms with Crippen LogP contribution in [-0.2, 0) is 4.79 Å². The third kappa shape index (κ3) is 4.65. The van der Waals surface area contributed by atoms with E-state index >= 15 is 0 Å². The number of carbonyl (C=O) groups excluding carboxylic acids is 1. The molecular weight excluding hydrogens is 403 g/mol. The van der Waals surface area contributed by atoms with E-state index in [-0.39, 0.29) is 11.7 Å². The van der Waals surface area contributed by atoms with Crippen molar-refractivity contribution in [3.8, 4) is 0 Å². The van der Waals surface area contributed by atoms with Crippen molar-refractivity contribution in [2.45, 2.75) is 0 Å². The quantitative estimate of drug-likeness (QED) is 0.531. The summed E-state index contributed by atoms with van der Waals surface area (Å²) in [6.45, 7) is 1.89. The monoisotopic (exact) mass is 430 g/mol. The summed E-state index contributed by atoms with van der Waals surface area (Å²) in [5.41, 5.74) is 5.21. The molecule has 1 aliphatic heterocycles. The topological polar surface area (TPSA) is 47.6 Å². The standard InChI is InChI=1S/C26H27FN4O/c1-30(2)15-16-31(3)21-12-10-20(11-13-21)28-25(18-7-5-4-6-8-18)24-22-14-9-19(27)17-23(22)29-26(24)32/h4-14,17,28H,15-16H2,1-3H3,(H,29,32). The molecule has 1 aliphatic rings. The molecule has 32 heavy (non-hydrogen) atoms. The lowest BCUT2D eigenvalue weighted by Crippen LogP contribution is -2.28. The van der Waals surface area contributed by atoms with Crippen molar-refractivity contribution >= 4 is 34.2 Å². The molecule has 0 fully saturated rings. The number of anilines is 3. The second-order valence-corrected chi connectivity index (χ2v) is 8.16. The van der Waals surface area contributed by atoms with Crippen LogP contribution in [0, 0.1) is 5.82 Å². The Labute approximate surface area is 188 Å². The first-order valence-corrected chi connectivity index (χ1v) is 10.6. The molecule has 3 aromatic carbocycles. The number of nitrogens with zero attached hydrogens (tertiary/aromatic N) is 2. The van der Waals surface area contributed by atoms with Gasteiger partial charge in [-0.2, -0.15) is 0 Å². The summed E-state index contributed by atoms with van der Waals surface area (Å²) in [6, 6.07) is 22.2. The molecule has 1 heterocycles. The normalized spacial score (nSPS) is 14.2. The predicted molar refractivity (Wildman–Crippen MR) is 130 cm³/mol. The molecule has 0 unspecified atom stereocenters. The van der Waals surface area contributed by atoms with Crippen LogP contribution >= 0.6 is 0 Å². The zero-order chi connectivity index (χ0) is 22.7. The fraction of sp³-hybridized carbons (Fsp3) is 0.192. The van der Waals surface area contributed by atoms with Crippen LogP contribution < -0.4 is 15.5 Å². The van der Waals surface area contributed by atoms with E-state index in [0.717, 1.165) is 30.0 Å². The summed E-state index contributed by atoms with van der Waals surface area (Å²) in [5, 5.41) is 6.22. The molecule has 5 nitrogen and oxygen atoms in total. The molecule has 6 heteroatoms. The van der Waals surface area contributed by atoms with Gasteiger partial charge in [0, 0.05) is 37.1 Å². The SMILES string of the molecule is CN(C)CCN(C)c1ccc(NC(=C2C(=O)Nc3cc(F)ccc32)c2ccccc2)cc1. The molecule has 0 radical (unpaired) electrons. The molecule has 0 saturated carbocycles. The fourth-order valence-corrected chi connectivity index (χ4v) is 3.70. The molecular formula is C26H27FN4O. The number of fused-ring (bicyclic) bond motifs is 1. The van der Waals surface area contributed by atoms with Crippen molar-refractivity contribution in [1.82, 2.24) is 4.90 Å². The molecule has 164 valence electrons. The highest BCUT2D eigenvalue weighted by Crippen LogP contribution is 2.38. The van der Waals surface area contributed by atoms with Gasteiger partial charge in [-0.3, -0.25) is 4.79 Å². The number of likely N-dealkylation sites (N-methyl/N-ethyl adjacent to an activating group) is 2. The van der Waals surface area contributed by atoms with Crippen LogP contribution in [0.2, 0.25) is 0 Å². The number of hydrogen-bond donors (Lipinski definition) is 2. The van der Waals surface area contributed by atoms with E-state index in [4.69, 9.17) is 0 Å². The van der Waals surface area contributed by atoms with E-state index in [1.54, 1.807) is 6.07 Å². The Kier molecular flexibility index (Phi) is 6.23. The Morgan fingerprint density at radius 1 is 0.938 bits per heavy atom. The second kappa shape index (κ2) is 9.24. The summed E-state index contributed by atoms with van der Waals surface area (Å²) in [5.74, 6) is -0.634. The summed E-state index contributed by atoms with van der Waals surface area (Å²) in [4.78, 5) is 17.2. The first-order valence-electron chi connectivity index (χ1n) is 10.6. The molecule has 0 saturated heterocycles. The highest BCUT2D eigenvalue weighted by atomic mass is 19.1. The number of hydrogen-bond acceptors (Lipinski definition) is 4. The Bertz CT molecular complexity index is 1140.